The number of hydrogen-bond acceptors (Lipinski definition) is 3. The molecule has 0 radical (unpaired) electrons. The molecule has 1 amide bonds. The lowest BCUT2D eigenvalue weighted by molar-refractivity contribution is 0.0476. The molecule has 1 fully saturated rings. The van der Waals surface area contributed by atoms with Crippen molar-refractivity contribution in [3.05, 3.63) is 17.0 Å². The van der Waals surface area contributed by atoms with Gasteiger partial charge in [-0.25, -0.2) is 0 Å². The Hall–Kier alpha value is -1.36. The molecule has 0 aliphatic carbocycles. The number of amides is 1. The molecule has 1 aromatic heterocycles. The van der Waals surface area contributed by atoms with Crippen LogP contribution in [0.25, 0.3) is 0 Å². The minimum absolute atomic E-state index is 0.101. The van der Waals surface area contributed by atoms with Crippen molar-refractivity contribution >= 4 is 5.91 Å². The van der Waals surface area contributed by atoms with Crippen molar-refractivity contribution in [2.75, 3.05) is 19.6 Å². The van der Waals surface area contributed by atoms with Crippen LogP contribution in [0.2, 0.25) is 0 Å². The zero-order valence-corrected chi connectivity index (χ0v) is 11.9. The van der Waals surface area contributed by atoms with E-state index in [1.165, 1.54) is 0 Å². The fourth-order valence-corrected chi connectivity index (χ4v) is 2.58. The first kappa shape index (κ1) is 13.1. The van der Waals surface area contributed by atoms with Crippen molar-refractivity contribution in [1.82, 2.24) is 20.0 Å². The van der Waals surface area contributed by atoms with E-state index in [1.807, 2.05) is 25.8 Å². The highest BCUT2D eigenvalue weighted by atomic mass is 16.2. The summed E-state index contributed by atoms with van der Waals surface area (Å²) in [6, 6.07) is 0. The van der Waals surface area contributed by atoms with E-state index in [9.17, 15) is 4.79 Å². The first-order valence-electron chi connectivity index (χ1n) is 6.37. The van der Waals surface area contributed by atoms with Gasteiger partial charge in [-0.15, -0.1) is 0 Å². The maximum Gasteiger partial charge on any atom is 0.258 e. The lowest BCUT2D eigenvalue weighted by Gasteiger charge is -2.42. The largest absolute Gasteiger partial charge is 0.331 e. The van der Waals surface area contributed by atoms with E-state index in [4.69, 9.17) is 0 Å². The quantitative estimate of drug-likeness (QED) is 0.804. The molecular weight excluding hydrogens is 228 g/mol. The smallest absolute Gasteiger partial charge is 0.258 e. The van der Waals surface area contributed by atoms with Gasteiger partial charge in [0, 0.05) is 32.4 Å². The Kier molecular flexibility index (Phi) is 3.19. The second-order valence-electron chi connectivity index (χ2n) is 5.62. The van der Waals surface area contributed by atoms with E-state index in [0.717, 1.165) is 36.6 Å². The summed E-state index contributed by atoms with van der Waals surface area (Å²) in [4.78, 5) is 14.7. The van der Waals surface area contributed by atoms with Crippen molar-refractivity contribution in [3.63, 3.8) is 0 Å². The SMILES string of the molecule is Cc1nn(C)c(C)c1C(=O)N1CCNCC1(C)C. The highest BCUT2D eigenvalue weighted by molar-refractivity contribution is 5.97. The molecule has 1 aromatic rings. The summed E-state index contributed by atoms with van der Waals surface area (Å²) in [7, 11) is 1.88. The van der Waals surface area contributed by atoms with Crippen LogP contribution < -0.4 is 5.32 Å². The number of rotatable bonds is 1. The number of aromatic nitrogens is 2. The number of carbonyl (C=O) groups excluding carboxylic acids is 1. The van der Waals surface area contributed by atoms with E-state index >= 15 is 0 Å². The lowest BCUT2D eigenvalue weighted by atomic mass is 9.98. The summed E-state index contributed by atoms with van der Waals surface area (Å²) in [5.41, 5.74) is 2.36. The van der Waals surface area contributed by atoms with Gasteiger partial charge in [0.2, 0.25) is 0 Å². The first-order valence-corrected chi connectivity index (χ1v) is 6.37. The van der Waals surface area contributed by atoms with Crippen LogP contribution in [0.4, 0.5) is 0 Å². The number of nitrogens with zero attached hydrogens (tertiary/aromatic N) is 3. The standard InChI is InChI=1S/C13H22N4O/c1-9-11(10(2)16(5)15-9)12(18)17-7-6-14-8-13(17,3)4/h14H,6-8H2,1-5H3. The fraction of sp³-hybridized carbons (Fsp3) is 0.692. The zero-order valence-electron chi connectivity index (χ0n) is 11.9. The van der Waals surface area contributed by atoms with Crippen molar-refractivity contribution in [2.45, 2.75) is 33.2 Å². The van der Waals surface area contributed by atoms with E-state index in [2.05, 4.69) is 24.3 Å². The van der Waals surface area contributed by atoms with Crippen molar-refractivity contribution in [1.29, 1.82) is 0 Å². The molecule has 5 heteroatoms. The lowest BCUT2D eigenvalue weighted by Crippen LogP contribution is -2.60. The Morgan fingerprint density at radius 2 is 2.06 bits per heavy atom. The number of hydrogen-bond donors (Lipinski definition) is 1. The molecule has 0 spiro atoms. The van der Waals surface area contributed by atoms with Gasteiger partial charge in [-0.05, 0) is 27.7 Å². The highest BCUT2D eigenvalue weighted by Crippen LogP contribution is 2.22. The molecule has 1 aliphatic heterocycles. The summed E-state index contributed by atoms with van der Waals surface area (Å²) in [5, 5.41) is 7.66. The van der Waals surface area contributed by atoms with E-state index in [-0.39, 0.29) is 11.4 Å². The Morgan fingerprint density at radius 1 is 1.39 bits per heavy atom. The third-order valence-electron chi connectivity index (χ3n) is 3.77. The minimum Gasteiger partial charge on any atom is -0.331 e. The fourth-order valence-electron chi connectivity index (χ4n) is 2.58. The van der Waals surface area contributed by atoms with Crippen LogP contribution in [0.1, 0.15) is 35.6 Å². The third-order valence-corrected chi connectivity index (χ3v) is 3.77. The van der Waals surface area contributed by atoms with Gasteiger partial charge in [0.1, 0.15) is 0 Å². The summed E-state index contributed by atoms with van der Waals surface area (Å²) in [5.74, 6) is 0.101. The summed E-state index contributed by atoms with van der Waals surface area (Å²) < 4.78 is 1.78. The van der Waals surface area contributed by atoms with Gasteiger partial charge in [-0.1, -0.05) is 0 Å². The number of aryl methyl sites for hydroxylation is 2. The Labute approximate surface area is 108 Å². The summed E-state index contributed by atoms with van der Waals surface area (Å²) >= 11 is 0. The Balaban J connectivity index is 2.36. The number of nitrogens with one attached hydrogen (secondary N) is 1. The maximum atomic E-state index is 12.7. The van der Waals surface area contributed by atoms with Crippen LogP contribution in [-0.2, 0) is 7.05 Å². The minimum atomic E-state index is -0.149. The third kappa shape index (κ3) is 2.03. The molecule has 1 aliphatic rings. The van der Waals surface area contributed by atoms with Crippen LogP contribution >= 0.6 is 0 Å². The van der Waals surface area contributed by atoms with Gasteiger partial charge in [0.25, 0.3) is 5.91 Å². The molecule has 18 heavy (non-hydrogen) atoms. The van der Waals surface area contributed by atoms with Crippen molar-refractivity contribution in [2.24, 2.45) is 7.05 Å². The molecule has 1 saturated heterocycles. The van der Waals surface area contributed by atoms with Crippen LogP contribution in [-0.4, -0.2) is 45.8 Å². The Bertz CT molecular complexity index is 476. The molecule has 0 aromatic carbocycles. The van der Waals surface area contributed by atoms with Crippen molar-refractivity contribution < 1.29 is 4.79 Å². The molecule has 1 N–H and O–H groups in total. The van der Waals surface area contributed by atoms with Gasteiger partial charge in [-0.3, -0.25) is 9.48 Å². The summed E-state index contributed by atoms with van der Waals surface area (Å²) in [6.07, 6.45) is 0. The van der Waals surface area contributed by atoms with Gasteiger partial charge < -0.3 is 10.2 Å². The second-order valence-corrected chi connectivity index (χ2v) is 5.62. The first-order chi connectivity index (χ1) is 8.34. The van der Waals surface area contributed by atoms with Crippen molar-refractivity contribution in [3.8, 4) is 0 Å². The van der Waals surface area contributed by atoms with E-state index in [0.29, 0.717) is 0 Å². The molecule has 0 saturated carbocycles. The maximum absolute atomic E-state index is 12.7. The molecule has 2 heterocycles. The second kappa shape index (κ2) is 4.39. The monoisotopic (exact) mass is 250 g/mol. The topological polar surface area (TPSA) is 50.2 Å². The number of carbonyl (C=O) groups is 1. The Morgan fingerprint density at radius 3 is 2.56 bits per heavy atom. The van der Waals surface area contributed by atoms with Crippen LogP contribution in [0.5, 0.6) is 0 Å². The molecule has 2 rings (SSSR count). The van der Waals surface area contributed by atoms with E-state index in [1.54, 1.807) is 4.68 Å². The zero-order chi connectivity index (χ0) is 13.5. The van der Waals surface area contributed by atoms with Gasteiger partial charge in [0.15, 0.2) is 0 Å². The predicted octanol–water partition coefficient (Wildman–Crippen LogP) is 0.861. The average Bonchev–Trinajstić information content (AvgIpc) is 2.52. The van der Waals surface area contributed by atoms with Crippen LogP contribution in [0.15, 0.2) is 0 Å². The number of piperazine rings is 1. The van der Waals surface area contributed by atoms with E-state index < -0.39 is 0 Å². The molecule has 0 unspecified atom stereocenters. The summed E-state index contributed by atoms with van der Waals surface area (Å²) in [6.45, 7) is 10.5. The van der Waals surface area contributed by atoms with Gasteiger partial charge >= 0.3 is 0 Å². The predicted molar refractivity (Wildman–Crippen MR) is 70.7 cm³/mol. The molecule has 0 bridgehead atoms. The molecule has 100 valence electrons. The van der Waals surface area contributed by atoms with Crippen LogP contribution in [0.3, 0.4) is 0 Å². The highest BCUT2D eigenvalue weighted by Gasteiger charge is 2.35. The van der Waals surface area contributed by atoms with Crippen LogP contribution in [0, 0.1) is 13.8 Å². The normalized spacial score (nSPS) is 19.1. The molecular formula is C13H22N4O. The average molecular weight is 250 g/mol. The molecule has 5 nitrogen and oxygen atoms in total. The molecule has 0 atom stereocenters. The van der Waals surface area contributed by atoms with Gasteiger partial charge in [0.05, 0.1) is 16.8 Å². The van der Waals surface area contributed by atoms with Gasteiger partial charge in [-0.2, -0.15) is 5.10 Å².